The predicted molar refractivity (Wildman–Crippen MR) is 98.3 cm³/mol. The first-order chi connectivity index (χ1) is 12.5. The lowest BCUT2D eigenvalue weighted by molar-refractivity contribution is 0.104. The van der Waals surface area contributed by atoms with Gasteiger partial charge in [0.05, 0.1) is 27.9 Å². The van der Waals surface area contributed by atoms with E-state index in [9.17, 15) is 9.90 Å². The summed E-state index contributed by atoms with van der Waals surface area (Å²) in [5, 5.41) is 9.93. The number of rotatable bonds is 8. The van der Waals surface area contributed by atoms with Crippen molar-refractivity contribution >= 4 is 11.9 Å². The largest absolute Gasteiger partial charge is 0.502 e. The van der Waals surface area contributed by atoms with Gasteiger partial charge in [0.2, 0.25) is 5.75 Å². The van der Waals surface area contributed by atoms with Crippen molar-refractivity contribution in [2.24, 2.45) is 0 Å². The molecule has 1 N–H and O–H groups in total. The van der Waals surface area contributed by atoms with Gasteiger partial charge in [-0.2, -0.15) is 0 Å². The van der Waals surface area contributed by atoms with Crippen LogP contribution in [0.15, 0.2) is 36.4 Å². The van der Waals surface area contributed by atoms with E-state index in [-0.39, 0.29) is 23.0 Å². The van der Waals surface area contributed by atoms with Gasteiger partial charge in [-0.3, -0.25) is 4.79 Å². The third kappa shape index (κ3) is 4.34. The van der Waals surface area contributed by atoms with E-state index >= 15 is 0 Å². The zero-order valence-corrected chi connectivity index (χ0v) is 15.2. The molecule has 2 aromatic carbocycles. The van der Waals surface area contributed by atoms with Crippen molar-refractivity contribution in [3.8, 4) is 23.0 Å². The Bertz CT molecular complexity index is 785. The Balaban J connectivity index is 2.28. The van der Waals surface area contributed by atoms with Crippen LogP contribution in [0, 0.1) is 0 Å². The summed E-state index contributed by atoms with van der Waals surface area (Å²) in [5.74, 6) is 0.945. The number of phenols is 1. The van der Waals surface area contributed by atoms with Gasteiger partial charge in [0.15, 0.2) is 17.3 Å². The highest BCUT2D eigenvalue weighted by Gasteiger charge is 2.11. The molecule has 0 aromatic heterocycles. The van der Waals surface area contributed by atoms with Crippen molar-refractivity contribution in [1.29, 1.82) is 0 Å². The molecule has 6 nitrogen and oxygen atoms in total. The predicted octanol–water partition coefficient (Wildman–Crippen LogP) is 3.46. The molecule has 0 amide bonds. The molecule has 2 rings (SSSR count). The number of phenolic OH excluding ortho intramolecular Hbond substituents is 1. The van der Waals surface area contributed by atoms with Crippen LogP contribution in [0.4, 0.5) is 0 Å². The average Bonchev–Trinajstić information content (AvgIpc) is 2.67. The maximum atomic E-state index is 12.5. The Morgan fingerprint density at radius 1 is 0.962 bits per heavy atom. The van der Waals surface area contributed by atoms with E-state index in [4.69, 9.17) is 18.9 Å². The molecule has 6 heteroatoms. The quantitative estimate of drug-likeness (QED) is 0.575. The number of carbonyl (C=O) groups excluding carboxylic acids is 1. The molecule has 0 atom stereocenters. The van der Waals surface area contributed by atoms with E-state index in [2.05, 4.69) is 0 Å². The standard InChI is InChI=1S/C20H22O6/c1-23-12-15-11-14(6-8-17(15)24-2)16(21)7-5-13-9-18(25-3)20(22)19(10-13)26-4/h5-11,22H,12H2,1-4H3. The van der Waals surface area contributed by atoms with Gasteiger partial charge in [0, 0.05) is 18.2 Å². The maximum Gasteiger partial charge on any atom is 0.200 e. The van der Waals surface area contributed by atoms with Crippen molar-refractivity contribution in [3.63, 3.8) is 0 Å². The fourth-order valence-corrected chi connectivity index (χ4v) is 2.48. The lowest BCUT2D eigenvalue weighted by Crippen LogP contribution is -2.00. The summed E-state index contributed by atoms with van der Waals surface area (Å²) < 4.78 is 20.6. The molecule has 0 aliphatic carbocycles. The molecule has 0 radical (unpaired) electrons. The Hall–Kier alpha value is -2.99. The Labute approximate surface area is 152 Å². The van der Waals surface area contributed by atoms with Crippen molar-refractivity contribution < 1.29 is 28.8 Å². The molecule has 138 valence electrons. The smallest absolute Gasteiger partial charge is 0.200 e. The van der Waals surface area contributed by atoms with Crippen LogP contribution in [-0.2, 0) is 11.3 Å². The van der Waals surface area contributed by atoms with E-state index in [0.717, 1.165) is 5.56 Å². The summed E-state index contributed by atoms with van der Waals surface area (Å²) in [5.41, 5.74) is 1.98. The zero-order chi connectivity index (χ0) is 19.1. The van der Waals surface area contributed by atoms with Crippen molar-refractivity contribution in [2.45, 2.75) is 6.61 Å². The van der Waals surface area contributed by atoms with Crippen LogP contribution >= 0.6 is 0 Å². The molecular weight excluding hydrogens is 336 g/mol. The fourth-order valence-electron chi connectivity index (χ4n) is 2.48. The number of hydrogen-bond acceptors (Lipinski definition) is 6. The van der Waals surface area contributed by atoms with Gasteiger partial charge in [-0.15, -0.1) is 0 Å². The lowest BCUT2D eigenvalue weighted by Gasteiger charge is -2.10. The van der Waals surface area contributed by atoms with Gasteiger partial charge in [0.25, 0.3) is 0 Å². The molecule has 0 fully saturated rings. The molecule has 0 heterocycles. The van der Waals surface area contributed by atoms with E-state index in [1.54, 1.807) is 50.6 Å². The zero-order valence-electron chi connectivity index (χ0n) is 15.2. The van der Waals surface area contributed by atoms with E-state index < -0.39 is 0 Å². The van der Waals surface area contributed by atoms with Gasteiger partial charge in [-0.1, -0.05) is 6.08 Å². The number of carbonyl (C=O) groups is 1. The number of ether oxygens (including phenoxy) is 4. The van der Waals surface area contributed by atoms with Gasteiger partial charge in [-0.25, -0.2) is 0 Å². The molecule has 0 saturated heterocycles. The second kappa shape index (κ2) is 8.92. The number of benzene rings is 2. The fraction of sp³-hybridized carbons (Fsp3) is 0.250. The minimum Gasteiger partial charge on any atom is -0.502 e. The van der Waals surface area contributed by atoms with Crippen LogP contribution in [0.25, 0.3) is 6.08 Å². The number of allylic oxidation sites excluding steroid dienone is 1. The van der Waals surface area contributed by atoms with Crippen molar-refractivity contribution in [2.75, 3.05) is 28.4 Å². The number of aromatic hydroxyl groups is 1. The topological polar surface area (TPSA) is 74.2 Å². The maximum absolute atomic E-state index is 12.5. The van der Waals surface area contributed by atoms with Gasteiger partial charge >= 0.3 is 0 Å². The SMILES string of the molecule is COCc1cc(C(=O)C=Cc2cc(OC)c(O)c(OC)c2)ccc1OC. The van der Waals surface area contributed by atoms with Crippen LogP contribution in [0.5, 0.6) is 23.0 Å². The van der Waals surface area contributed by atoms with E-state index in [1.807, 2.05) is 0 Å². The monoisotopic (exact) mass is 358 g/mol. The van der Waals surface area contributed by atoms with Crippen LogP contribution in [0.1, 0.15) is 21.5 Å². The summed E-state index contributed by atoms with van der Waals surface area (Å²) >= 11 is 0. The number of ketones is 1. The second-order valence-corrected chi connectivity index (χ2v) is 5.43. The average molecular weight is 358 g/mol. The van der Waals surface area contributed by atoms with Crippen molar-refractivity contribution in [3.05, 3.63) is 53.1 Å². The first-order valence-electron chi connectivity index (χ1n) is 7.87. The summed E-state index contributed by atoms with van der Waals surface area (Å²) in [7, 11) is 6.05. The molecule has 0 aliphatic heterocycles. The van der Waals surface area contributed by atoms with Crippen LogP contribution < -0.4 is 14.2 Å². The molecule has 26 heavy (non-hydrogen) atoms. The summed E-state index contributed by atoms with van der Waals surface area (Å²) in [4.78, 5) is 12.5. The van der Waals surface area contributed by atoms with Gasteiger partial charge < -0.3 is 24.1 Å². The molecule has 0 aliphatic rings. The summed E-state index contributed by atoms with van der Waals surface area (Å²) in [6.45, 7) is 0.348. The molecule has 2 aromatic rings. The molecule has 0 unspecified atom stereocenters. The summed E-state index contributed by atoms with van der Waals surface area (Å²) in [6.07, 6.45) is 3.08. The Morgan fingerprint density at radius 3 is 2.12 bits per heavy atom. The molecule has 0 saturated carbocycles. The van der Waals surface area contributed by atoms with E-state index in [0.29, 0.717) is 23.5 Å². The minimum absolute atomic E-state index is 0.0853. The molecular formula is C20H22O6. The van der Waals surface area contributed by atoms with Crippen molar-refractivity contribution in [1.82, 2.24) is 0 Å². The molecule has 0 spiro atoms. The summed E-state index contributed by atoms with van der Waals surface area (Å²) in [6, 6.07) is 8.41. The van der Waals surface area contributed by atoms with Gasteiger partial charge in [-0.05, 0) is 42.0 Å². The Kier molecular flexibility index (Phi) is 6.63. The molecule has 0 bridgehead atoms. The second-order valence-electron chi connectivity index (χ2n) is 5.43. The van der Waals surface area contributed by atoms with Crippen LogP contribution in [0.3, 0.4) is 0 Å². The minimum atomic E-state index is -0.170. The highest BCUT2D eigenvalue weighted by Crippen LogP contribution is 2.37. The number of hydrogen-bond donors (Lipinski definition) is 1. The van der Waals surface area contributed by atoms with Crippen LogP contribution in [0.2, 0.25) is 0 Å². The highest BCUT2D eigenvalue weighted by atomic mass is 16.5. The lowest BCUT2D eigenvalue weighted by atomic mass is 10.0. The highest BCUT2D eigenvalue weighted by molar-refractivity contribution is 6.07. The van der Waals surface area contributed by atoms with E-state index in [1.165, 1.54) is 20.3 Å². The van der Waals surface area contributed by atoms with Crippen LogP contribution in [-0.4, -0.2) is 39.3 Å². The normalized spacial score (nSPS) is 10.8. The first-order valence-corrected chi connectivity index (χ1v) is 7.87. The van der Waals surface area contributed by atoms with Gasteiger partial charge in [0.1, 0.15) is 5.75 Å². The third-order valence-electron chi connectivity index (χ3n) is 3.79. The number of methoxy groups -OCH3 is 4. The first kappa shape index (κ1) is 19.3. The Morgan fingerprint density at radius 2 is 1.58 bits per heavy atom. The third-order valence-corrected chi connectivity index (χ3v) is 3.79.